The lowest BCUT2D eigenvalue weighted by atomic mass is 9.98. The molecule has 0 fully saturated rings. The molecule has 0 aromatic carbocycles. The first kappa shape index (κ1) is 6.10. The summed E-state index contributed by atoms with van der Waals surface area (Å²) < 4.78 is 0. The van der Waals surface area contributed by atoms with Crippen LogP contribution in [0.1, 0.15) is 12.8 Å². The summed E-state index contributed by atoms with van der Waals surface area (Å²) >= 11 is 0. The number of rotatable bonds is 0. The molecule has 1 unspecified atom stereocenters. The maximum atomic E-state index is 4.23. The fourth-order valence-electron chi connectivity index (χ4n) is 1.55. The molecule has 2 rings (SSSR count). The van der Waals surface area contributed by atoms with Gasteiger partial charge >= 0.3 is 0 Å². The van der Waals surface area contributed by atoms with Crippen molar-refractivity contribution < 1.29 is 0 Å². The zero-order chi connectivity index (χ0) is 6.81. The Balaban J connectivity index is 2.17. The third-order valence-corrected chi connectivity index (χ3v) is 2.13. The van der Waals surface area contributed by atoms with Gasteiger partial charge in [0, 0.05) is 18.7 Å². The van der Waals surface area contributed by atoms with Crippen molar-refractivity contribution in [2.24, 2.45) is 4.99 Å². The third-order valence-electron chi connectivity index (χ3n) is 2.13. The van der Waals surface area contributed by atoms with Gasteiger partial charge < -0.3 is 5.32 Å². The first-order valence-electron chi connectivity index (χ1n) is 3.87. The smallest absolute Gasteiger partial charge is 0.0577 e. The van der Waals surface area contributed by atoms with E-state index in [2.05, 4.69) is 16.4 Å². The van der Waals surface area contributed by atoms with Crippen molar-refractivity contribution in [3.63, 3.8) is 0 Å². The maximum absolute atomic E-state index is 4.23. The maximum Gasteiger partial charge on any atom is 0.0577 e. The fourth-order valence-corrected chi connectivity index (χ4v) is 1.55. The van der Waals surface area contributed by atoms with E-state index in [4.69, 9.17) is 0 Å². The van der Waals surface area contributed by atoms with Crippen LogP contribution in [0.25, 0.3) is 0 Å². The van der Waals surface area contributed by atoms with E-state index in [9.17, 15) is 0 Å². The minimum absolute atomic E-state index is 0.568. The highest BCUT2D eigenvalue weighted by Gasteiger charge is 2.17. The fraction of sp³-hybridized carbons (Fsp3) is 0.625. The van der Waals surface area contributed by atoms with Crippen LogP contribution in [-0.2, 0) is 0 Å². The van der Waals surface area contributed by atoms with Crippen LogP contribution in [0.15, 0.2) is 16.6 Å². The molecular weight excluding hydrogens is 124 g/mol. The van der Waals surface area contributed by atoms with Crippen molar-refractivity contribution in [3.05, 3.63) is 11.6 Å². The highest BCUT2D eigenvalue weighted by molar-refractivity contribution is 5.63. The first-order chi connectivity index (χ1) is 4.97. The predicted molar refractivity (Wildman–Crippen MR) is 42.5 cm³/mol. The predicted octanol–water partition coefficient (Wildman–Crippen LogP) is 0.749. The summed E-state index contributed by atoms with van der Waals surface area (Å²) in [5, 5.41) is 3.44. The molecule has 0 bridgehead atoms. The molecule has 2 heteroatoms. The summed E-state index contributed by atoms with van der Waals surface area (Å²) in [6.07, 6.45) is 6.64. The van der Waals surface area contributed by atoms with Gasteiger partial charge in [0.05, 0.1) is 6.54 Å². The Kier molecular flexibility index (Phi) is 1.55. The van der Waals surface area contributed by atoms with Crippen LogP contribution in [0.3, 0.4) is 0 Å². The zero-order valence-corrected chi connectivity index (χ0v) is 6.01. The summed E-state index contributed by atoms with van der Waals surface area (Å²) in [7, 11) is 0. The van der Waals surface area contributed by atoms with Gasteiger partial charge in [-0.2, -0.15) is 0 Å². The molecule has 10 heavy (non-hydrogen) atoms. The lowest BCUT2D eigenvalue weighted by molar-refractivity contribution is 0.544. The van der Waals surface area contributed by atoms with E-state index in [-0.39, 0.29) is 0 Å². The van der Waals surface area contributed by atoms with Gasteiger partial charge in [-0.15, -0.1) is 0 Å². The molecular formula is C8H12N2. The van der Waals surface area contributed by atoms with Gasteiger partial charge in [-0.25, -0.2) is 0 Å². The quantitative estimate of drug-likeness (QED) is 0.488. The minimum atomic E-state index is 0.568. The van der Waals surface area contributed by atoms with Gasteiger partial charge in [0.15, 0.2) is 0 Å². The normalized spacial score (nSPS) is 31.2. The lowest BCUT2D eigenvalue weighted by Crippen LogP contribution is -2.38. The Bertz CT molecular complexity index is 182. The van der Waals surface area contributed by atoms with Crippen LogP contribution in [0.2, 0.25) is 0 Å². The molecule has 1 N–H and O–H groups in total. The standard InChI is InChI=1S/C8H12N2/c1-2-7-3-5-9-6-8(7)10-4-1/h2,5,8,10H,1,3-4,6H2. The SMILES string of the molecule is C1=NCC2NCCC=C2C1. The van der Waals surface area contributed by atoms with Gasteiger partial charge in [-0.1, -0.05) is 11.6 Å². The Morgan fingerprint density at radius 1 is 1.60 bits per heavy atom. The van der Waals surface area contributed by atoms with Crippen molar-refractivity contribution in [2.45, 2.75) is 18.9 Å². The Morgan fingerprint density at radius 2 is 2.60 bits per heavy atom. The molecule has 0 saturated heterocycles. The van der Waals surface area contributed by atoms with Crippen LogP contribution in [-0.4, -0.2) is 25.3 Å². The molecule has 0 spiro atoms. The van der Waals surface area contributed by atoms with Gasteiger partial charge in [-0.05, 0) is 13.0 Å². The first-order valence-corrected chi connectivity index (χ1v) is 3.87. The summed E-state index contributed by atoms with van der Waals surface area (Å²) in [4.78, 5) is 4.23. The van der Waals surface area contributed by atoms with Crippen LogP contribution in [0, 0.1) is 0 Å². The summed E-state index contributed by atoms with van der Waals surface area (Å²) in [6.45, 7) is 2.08. The van der Waals surface area contributed by atoms with Crippen molar-refractivity contribution >= 4 is 6.21 Å². The number of nitrogens with zero attached hydrogens (tertiary/aromatic N) is 1. The van der Waals surface area contributed by atoms with Gasteiger partial charge in [0.1, 0.15) is 0 Å². The third kappa shape index (κ3) is 0.991. The highest BCUT2D eigenvalue weighted by Crippen LogP contribution is 2.15. The van der Waals surface area contributed by atoms with Crippen LogP contribution in [0.4, 0.5) is 0 Å². The Morgan fingerprint density at radius 3 is 3.50 bits per heavy atom. The number of nitrogens with one attached hydrogen (secondary N) is 1. The number of fused-ring (bicyclic) bond motifs is 1. The van der Waals surface area contributed by atoms with E-state index in [1.807, 2.05) is 6.21 Å². The number of aliphatic imine (C=N–C) groups is 1. The van der Waals surface area contributed by atoms with Crippen molar-refractivity contribution in [1.82, 2.24) is 5.32 Å². The van der Waals surface area contributed by atoms with E-state index in [1.165, 1.54) is 6.42 Å². The Labute approximate surface area is 61.0 Å². The molecule has 54 valence electrons. The molecule has 0 saturated carbocycles. The average molecular weight is 136 g/mol. The molecule has 1 atom stereocenters. The molecule has 2 heterocycles. The average Bonchev–Trinajstić information content (AvgIpc) is 2.05. The Hall–Kier alpha value is -0.630. The molecule has 0 aromatic heterocycles. The van der Waals surface area contributed by atoms with E-state index in [0.717, 1.165) is 19.5 Å². The van der Waals surface area contributed by atoms with Gasteiger partial charge in [-0.3, -0.25) is 4.99 Å². The van der Waals surface area contributed by atoms with Crippen LogP contribution in [0.5, 0.6) is 0 Å². The van der Waals surface area contributed by atoms with E-state index >= 15 is 0 Å². The summed E-state index contributed by atoms with van der Waals surface area (Å²) in [6, 6.07) is 0.568. The topological polar surface area (TPSA) is 24.4 Å². The number of hydrogen-bond acceptors (Lipinski definition) is 2. The second-order valence-corrected chi connectivity index (χ2v) is 2.83. The second kappa shape index (κ2) is 2.54. The van der Waals surface area contributed by atoms with Crippen molar-refractivity contribution in [2.75, 3.05) is 13.1 Å². The minimum Gasteiger partial charge on any atom is -0.308 e. The van der Waals surface area contributed by atoms with Gasteiger partial charge in [0.25, 0.3) is 0 Å². The van der Waals surface area contributed by atoms with Gasteiger partial charge in [0.2, 0.25) is 0 Å². The molecule has 2 nitrogen and oxygen atoms in total. The van der Waals surface area contributed by atoms with Crippen LogP contribution < -0.4 is 5.32 Å². The highest BCUT2D eigenvalue weighted by atomic mass is 15.0. The molecule has 0 amide bonds. The van der Waals surface area contributed by atoms with Crippen molar-refractivity contribution in [3.8, 4) is 0 Å². The monoisotopic (exact) mass is 136 g/mol. The molecule has 2 aliphatic heterocycles. The summed E-state index contributed by atoms with van der Waals surface area (Å²) in [5.41, 5.74) is 1.54. The molecule has 0 aromatic rings. The van der Waals surface area contributed by atoms with E-state index < -0.39 is 0 Å². The van der Waals surface area contributed by atoms with E-state index in [1.54, 1.807) is 5.57 Å². The number of hydrogen-bond donors (Lipinski definition) is 1. The largest absolute Gasteiger partial charge is 0.308 e. The van der Waals surface area contributed by atoms with E-state index in [0.29, 0.717) is 6.04 Å². The lowest BCUT2D eigenvalue weighted by Gasteiger charge is -2.26. The molecule has 0 aliphatic carbocycles. The zero-order valence-electron chi connectivity index (χ0n) is 6.01. The molecule has 0 radical (unpaired) electrons. The molecule has 2 aliphatic rings. The van der Waals surface area contributed by atoms with Crippen LogP contribution >= 0.6 is 0 Å². The van der Waals surface area contributed by atoms with Crippen molar-refractivity contribution in [1.29, 1.82) is 0 Å². The summed E-state index contributed by atoms with van der Waals surface area (Å²) in [5.74, 6) is 0. The second-order valence-electron chi connectivity index (χ2n) is 2.83.